The molecule has 0 fully saturated rings. The van der Waals surface area contributed by atoms with E-state index in [1.165, 1.54) is 5.57 Å². The highest BCUT2D eigenvalue weighted by Crippen LogP contribution is 2.14. The summed E-state index contributed by atoms with van der Waals surface area (Å²) in [6.45, 7) is 7.08. The Kier molecular flexibility index (Phi) is 4.76. The maximum atomic E-state index is 12.0. The van der Waals surface area contributed by atoms with E-state index in [1.54, 1.807) is 4.90 Å². The second-order valence-corrected chi connectivity index (χ2v) is 5.47. The van der Waals surface area contributed by atoms with Crippen LogP contribution in [0.3, 0.4) is 0 Å². The minimum absolute atomic E-state index is 0.0617. The normalized spacial score (nSPS) is 16.2. The molecule has 1 rings (SSSR count). The second-order valence-electron chi connectivity index (χ2n) is 5.47. The molecule has 0 aromatic heterocycles. The molecular formula is C13H22N2O3. The molecule has 0 radical (unpaired) electrons. The third-order valence-electron chi connectivity index (χ3n) is 3.03. The van der Waals surface area contributed by atoms with Crippen LogP contribution in [0.2, 0.25) is 0 Å². The Balaban J connectivity index is 2.48. The van der Waals surface area contributed by atoms with Gasteiger partial charge in [0, 0.05) is 25.0 Å². The molecule has 5 heteroatoms. The van der Waals surface area contributed by atoms with Crippen molar-refractivity contribution in [3.05, 3.63) is 11.6 Å². The summed E-state index contributed by atoms with van der Waals surface area (Å²) in [6.07, 6.45) is 3.51. The summed E-state index contributed by atoms with van der Waals surface area (Å²) in [4.78, 5) is 24.4. The van der Waals surface area contributed by atoms with Gasteiger partial charge in [-0.15, -0.1) is 0 Å². The van der Waals surface area contributed by atoms with Crippen molar-refractivity contribution in [1.29, 1.82) is 0 Å². The molecule has 0 saturated carbocycles. The zero-order valence-electron chi connectivity index (χ0n) is 11.3. The SMILES string of the molecule is CC1=CCCN(C(=O)NC(C)(C)CCC(=O)O)C1. The van der Waals surface area contributed by atoms with E-state index in [9.17, 15) is 9.59 Å². The van der Waals surface area contributed by atoms with Gasteiger partial charge in [-0.25, -0.2) is 4.79 Å². The van der Waals surface area contributed by atoms with Crippen LogP contribution in [0, 0.1) is 0 Å². The number of carbonyl (C=O) groups is 2. The third kappa shape index (κ3) is 4.77. The number of urea groups is 1. The lowest BCUT2D eigenvalue weighted by atomic mass is 9.98. The molecule has 0 atom stereocenters. The van der Waals surface area contributed by atoms with Crippen molar-refractivity contribution < 1.29 is 14.7 Å². The Morgan fingerprint density at radius 2 is 2.17 bits per heavy atom. The van der Waals surface area contributed by atoms with Crippen LogP contribution < -0.4 is 5.32 Å². The quantitative estimate of drug-likeness (QED) is 0.754. The molecule has 18 heavy (non-hydrogen) atoms. The van der Waals surface area contributed by atoms with Crippen molar-refractivity contribution >= 4 is 12.0 Å². The molecule has 1 aliphatic heterocycles. The fourth-order valence-electron chi connectivity index (χ4n) is 1.94. The first-order valence-electron chi connectivity index (χ1n) is 6.25. The van der Waals surface area contributed by atoms with E-state index in [1.807, 2.05) is 20.8 Å². The molecule has 0 spiro atoms. The van der Waals surface area contributed by atoms with Gasteiger partial charge in [0.2, 0.25) is 0 Å². The highest BCUT2D eigenvalue weighted by Gasteiger charge is 2.25. The van der Waals surface area contributed by atoms with Crippen molar-refractivity contribution in [2.24, 2.45) is 0 Å². The molecule has 5 nitrogen and oxygen atoms in total. The number of hydrogen-bond acceptors (Lipinski definition) is 2. The predicted molar refractivity (Wildman–Crippen MR) is 69.4 cm³/mol. The summed E-state index contributed by atoms with van der Waals surface area (Å²) in [6, 6.07) is -0.113. The number of amides is 2. The van der Waals surface area contributed by atoms with Crippen molar-refractivity contribution in [3.63, 3.8) is 0 Å². The third-order valence-corrected chi connectivity index (χ3v) is 3.03. The van der Waals surface area contributed by atoms with Crippen LogP contribution in [0.4, 0.5) is 4.79 Å². The zero-order valence-corrected chi connectivity index (χ0v) is 11.3. The van der Waals surface area contributed by atoms with Crippen molar-refractivity contribution in [2.45, 2.75) is 45.6 Å². The molecule has 0 aromatic carbocycles. The lowest BCUT2D eigenvalue weighted by Crippen LogP contribution is -2.51. The number of carbonyl (C=O) groups excluding carboxylic acids is 1. The highest BCUT2D eigenvalue weighted by atomic mass is 16.4. The molecule has 0 aliphatic carbocycles. The Labute approximate surface area is 108 Å². The van der Waals surface area contributed by atoms with Gasteiger partial charge in [0.1, 0.15) is 0 Å². The fraction of sp³-hybridized carbons (Fsp3) is 0.692. The van der Waals surface area contributed by atoms with Crippen LogP contribution in [0.25, 0.3) is 0 Å². The number of aliphatic carboxylic acids is 1. The summed E-state index contributed by atoms with van der Waals surface area (Å²) in [5, 5.41) is 11.6. The molecule has 0 bridgehead atoms. The Bertz CT molecular complexity index is 361. The summed E-state index contributed by atoms with van der Waals surface area (Å²) < 4.78 is 0. The number of nitrogens with one attached hydrogen (secondary N) is 1. The Morgan fingerprint density at radius 3 is 2.72 bits per heavy atom. The number of carboxylic acids is 1. The van der Waals surface area contributed by atoms with Gasteiger partial charge in [0.05, 0.1) is 0 Å². The molecule has 1 heterocycles. The van der Waals surface area contributed by atoms with Crippen LogP contribution in [0.5, 0.6) is 0 Å². The van der Waals surface area contributed by atoms with E-state index < -0.39 is 11.5 Å². The van der Waals surface area contributed by atoms with Gasteiger partial charge >= 0.3 is 12.0 Å². The maximum absolute atomic E-state index is 12.0. The topological polar surface area (TPSA) is 69.6 Å². The molecular weight excluding hydrogens is 232 g/mol. The van der Waals surface area contributed by atoms with Crippen LogP contribution >= 0.6 is 0 Å². The minimum atomic E-state index is -0.839. The lowest BCUT2D eigenvalue weighted by Gasteiger charge is -2.32. The van der Waals surface area contributed by atoms with Crippen molar-refractivity contribution in [3.8, 4) is 0 Å². The Hall–Kier alpha value is -1.52. The van der Waals surface area contributed by atoms with Crippen LogP contribution in [0.1, 0.15) is 40.0 Å². The number of hydrogen-bond donors (Lipinski definition) is 2. The summed E-state index contributed by atoms with van der Waals surface area (Å²) in [5.41, 5.74) is 0.699. The first-order chi connectivity index (χ1) is 8.30. The zero-order chi connectivity index (χ0) is 13.8. The van der Waals surface area contributed by atoms with E-state index >= 15 is 0 Å². The van der Waals surface area contributed by atoms with E-state index in [0.717, 1.165) is 13.0 Å². The van der Waals surface area contributed by atoms with Gasteiger partial charge in [-0.3, -0.25) is 4.79 Å². The molecule has 1 aliphatic rings. The number of rotatable bonds is 4. The van der Waals surface area contributed by atoms with Gasteiger partial charge in [-0.2, -0.15) is 0 Å². The molecule has 0 saturated heterocycles. The Morgan fingerprint density at radius 1 is 1.50 bits per heavy atom. The van der Waals surface area contributed by atoms with Crippen molar-refractivity contribution in [1.82, 2.24) is 10.2 Å². The standard InChI is InChI=1S/C13H22N2O3/c1-10-5-4-8-15(9-10)12(18)14-13(2,3)7-6-11(16)17/h5H,4,6-9H2,1-3H3,(H,14,18)(H,16,17). The smallest absolute Gasteiger partial charge is 0.318 e. The van der Waals surface area contributed by atoms with Gasteiger partial charge in [-0.1, -0.05) is 11.6 Å². The summed E-state index contributed by atoms with van der Waals surface area (Å²) in [7, 11) is 0. The van der Waals surface area contributed by atoms with Gasteiger partial charge < -0.3 is 15.3 Å². The molecule has 2 amide bonds. The number of carboxylic acid groups (broad SMARTS) is 1. The van der Waals surface area contributed by atoms with Gasteiger partial charge in [0.15, 0.2) is 0 Å². The van der Waals surface area contributed by atoms with E-state index in [2.05, 4.69) is 11.4 Å². The van der Waals surface area contributed by atoms with Crippen LogP contribution in [-0.4, -0.2) is 40.6 Å². The number of nitrogens with zero attached hydrogens (tertiary/aromatic N) is 1. The van der Waals surface area contributed by atoms with Crippen LogP contribution in [0.15, 0.2) is 11.6 Å². The summed E-state index contributed by atoms with van der Waals surface area (Å²) in [5.74, 6) is -0.839. The average Bonchev–Trinajstić information content (AvgIpc) is 2.26. The molecule has 0 unspecified atom stereocenters. The predicted octanol–water partition coefficient (Wildman–Crippen LogP) is 1.99. The monoisotopic (exact) mass is 254 g/mol. The molecule has 0 aromatic rings. The second kappa shape index (κ2) is 5.89. The first-order valence-corrected chi connectivity index (χ1v) is 6.25. The van der Waals surface area contributed by atoms with E-state index in [0.29, 0.717) is 13.0 Å². The van der Waals surface area contributed by atoms with E-state index in [-0.39, 0.29) is 12.5 Å². The summed E-state index contributed by atoms with van der Waals surface area (Å²) >= 11 is 0. The molecule has 102 valence electrons. The lowest BCUT2D eigenvalue weighted by molar-refractivity contribution is -0.137. The average molecular weight is 254 g/mol. The van der Waals surface area contributed by atoms with Crippen LogP contribution in [-0.2, 0) is 4.79 Å². The largest absolute Gasteiger partial charge is 0.481 e. The minimum Gasteiger partial charge on any atom is -0.481 e. The highest BCUT2D eigenvalue weighted by molar-refractivity contribution is 5.75. The molecule has 2 N–H and O–H groups in total. The van der Waals surface area contributed by atoms with Gasteiger partial charge in [0.25, 0.3) is 0 Å². The maximum Gasteiger partial charge on any atom is 0.318 e. The van der Waals surface area contributed by atoms with E-state index in [4.69, 9.17) is 5.11 Å². The fourth-order valence-corrected chi connectivity index (χ4v) is 1.94. The first kappa shape index (κ1) is 14.5. The van der Waals surface area contributed by atoms with Crippen molar-refractivity contribution in [2.75, 3.05) is 13.1 Å². The van der Waals surface area contributed by atoms with Gasteiger partial charge in [-0.05, 0) is 33.6 Å².